The van der Waals surface area contributed by atoms with Crippen molar-refractivity contribution in [3.8, 4) is 0 Å². The summed E-state index contributed by atoms with van der Waals surface area (Å²) in [5, 5.41) is 3.51. The van der Waals surface area contributed by atoms with Gasteiger partial charge in [0.15, 0.2) is 0 Å². The molecular formula is C17H26FNS. The molecule has 0 saturated heterocycles. The van der Waals surface area contributed by atoms with Gasteiger partial charge in [0.05, 0.1) is 0 Å². The molecule has 1 fully saturated rings. The van der Waals surface area contributed by atoms with Crippen LogP contribution in [0.5, 0.6) is 0 Å². The van der Waals surface area contributed by atoms with E-state index in [2.05, 4.69) is 19.3 Å². The smallest absolute Gasteiger partial charge is 0.124 e. The van der Waals surface area contributed by atoms with Crippen molar-refractivity contribution in [2.45, 2.75) is 50.0 Å². The van der Waals surface area contributed by atoms with Crippen molar-refractivity contribution in [3.05, 3.63) is 30.1 Å². The van der Waals surface area contributed by atoms with Gasteiger partial charge in [-0.2, -0.15) is 0 Å². The standard InChI is InChI=1S/C17H26FNS/c1-3-13-7-4-5-10-16(13)17(19-2)12-20-15-9-6-8-14(18)11-15/h6,8-9,11,13,16-17,19H,3-5,7,10,12H2,1-2H3. The monoisotopic (exact) mass is 295 g/mol. The van der Waals surface area contributed by atoms with Crippen molar-refractivity contribution in [3.63, 3.8) is 0 Å². The van der Waals surface area contributed by atoms with Gasteiger partial charge in [-0.3, -0.25) is 0 Å². The third kappa shape index (κ3) is 4.23. The zero-order chi connectivity index (χ0) is 14.4. The van der Waals surface area contributed by atoms with Gasteiger partial charge in [0.25, 0.3) is 0 Å². The zero-order valence-electron chi connectivity index (χ0n) is 12.6. The molecule has 1 N–H and O–H groups in total. The van der Waals surface area contributed by atoms with E-state index in [0.29, 0.717) is 6.04 Å². The maximum absolute atomic E-state index is 13.2. The highest BCUT2D eigenvalue weighted by Crippen LogP contribution is 2.36. The predicted molar refractivity (Wildman–Crippen MR) is 85.7 cm³/mol. The van der Waals surface area contributed by atoms with E-state index < -0.39 is 0 Å². The van der Waals surface area contributed by atoms with Gasteiger partial charge in [-0.05, 0) is 43.5 Å². The normalized spacial score (nSPS) is 24.6. The molecule has 0 bridgehead atoms. The highest BCUT2D eigenvalue weighted by molar-refractivity contribution is 7.99. The number of benzene rings is 1. The maximum Gasteiger partial charge on any atom is 0.124 e. The Hall–Kier alpha value is -0.540. The molecule has 1 saturated carbocycles. The highest BCUT2D eigenvalue weighted by atomic mass is 32.2. The third-order valence-corrected chi connectivity index (χ3v) is 5.72. The van der Waals surface area contributed by atoms with Crippen molar-refractivity contribution in [2.24, 2.45) is 11.8 Å². The van der Waals surface area contributed by atoms with Crippen LogP contribution in [0.4, 0.5) is 4.39 Å². The van der Waals surface area contributed by atoms with Crippen molar-refractivity contribution in [2.75, 3.05) is 12.8 Å². The largest absolute Gasteiger partial charge is 0.316 e. The first kappa shape index (κ1) is 15.8. The van der Waals surface area contributed by atoms with Crippen LogP contribution < -0.4 is 5.32 Å². The van der Waals surface area contributed by atoms with Gasteiger partial charge in [0.2, 0.25) is 0 Å². The van der Waals surface area contributed by atoms with Crippen molar-refractivity contribution < 1.29 is 4.39 Å². The molecule has 1 aromatic rings. The van der Waals surface area contributed by atoms with E-state index in [1.165, 1.54) is 38.2 Å². The summed E-state index contributed by atoms with van der Waals surface area (Å²) in [4.78, 5) is 1.04. The van der Waals surface area contributed by atoms with Crippen LogP contribution >= 0.6 is 11.8 Å². The lowest BCUT2D eigenvalue weighted by Crippen LogP contribution is -2.41. The Balaban J connectivity index is 1.94. The summed E-state index contributed by atoms with van der Waals surface area (Å²) >= 11 is 1.77. The van der Waals surface area contributed by atoms with Crippen molar-refractivity contribution in [1.29, 1.82) is 0 Å². The van der Waals surface area contributed by atoms with Crippen LogP contribution in [0.15, 0.2) is 29.2 Å². The first-order chi connectivity index (χ1) is 9.74. The molecule has 20 heavy (non-hydrogen) atoms. The van der Waals surface area contributed by atoms with E-state index in [1.807, 2.05) is 6.07 Å². The predicted octanol–water partition coefficient (Wildman–Crippen LogP) is 4.72. The molecule has 0 spiro atoms. The summed E-state index contributed by atoms with van der Waals surface area (Å²) in [5.41, 5.74) is 0. The van der Waals surface area contributed by atoms with Gasteiger partial charge in [-0.15, -0.1) is 11.8 Å². The minimum atomic E-state index is -0.139. The number of nitrogens with one attached hydrogen (secondary N) is 1. The fraction of sp³-hybridized carbons (Fsp3) is 0.647. The molecule has 0 radical (unpaired) electrons. The summed E-state index contributed by atoms with van der Waals surface area (Å²) in [6.07, 6.45) is 6.76. The van der Waals surface area contributed by atoms with E-state index in [-0.39, 0.29) is 5.82 Å². The van der Waals surface area contributed by atoms with E-state index >= 15 is 0 Å². The lowest BCUT2D eigenvalue weighted by atomic mass is 9.74. The SMILES string of the molecule is CCC1CCCCC1C(CSc1cccc(F)c1)NC. The first-order valence-electron chi connectivity index (χ1n) is 7.80. The van der Waals surface area contributed by atoms with Crippen LogP contribution in [0.25, 0.3) is 0 Å². The molecule has 0 heterocycles. The summed E-state index contributed by atoms with van der Waals surface area (Å²) < 4.78 is 13.2. The summed E-state index contributed by atoms with van der Waals surface area (Å²) in [7, 11) is 2.07. The molecule has 1 aliphatic rings. The molecule has 3 atom stereocenters. The lowest BCUT2D eigenvalue weighted by molar-refractivity contribution is 0.190. The fourth-order valence-electron chi connectivity index (χ4n) is 3.44. The van der Waals surface area contributed by atoms with E-state index in [0.717, 1.165) is 22.5 Å². The molecule has 2 rings (SSSR count). The van der Waals surface area contributed by atoms with Crippen LogP contribution in [0.1, 0.15) is 39.0 Å². The van der Waals surface area contributed by atoms with Crippen LogP contribution in [0.3, 0.4) is 0 Å². The summed E-state index contributed by atoms with van der Waals surface area (Å²) in [6, 6.07) is 7.47. The second kappa shape index (κ2) is 8.04. The third-order valence-electron chi connectivity index (χ3n) is 4.61. The molecule has 0 amide bonds. The van der Waals surface area contributed by atoms with Gasteiger partial charge in [-0.1, -0.05) is 38.7 Å². The molecule has 3 heteroatoms. The van der Waals surface area contributed by atoms with Gasteiger partial charge >= 0.3 is 0 Å². The average molecular weight is 295 g/mol. The summed E-state index contributed by atoms with van der Waals surface area (Å²) in [5.74, 6) is 2.52. The van der Waals surface area contributed by atoms with Gasteiger partial charge < -0.3 is 5.32 Å². The molecule has 1 aliphatic carbocycles. The molecule has 1 aromatic carbocycles. The Morgan fingerprint density at radius 1 is 1.35 bits per heavy atom. The van der Waals surface area contributed by atoms with Crippen molar-refractivity contribution in [1.82, 2.24) is 5.32 Å². The average Bonchev–Trinajstić information content (AvgIpc) is 2.48. The van der Waals surface area contributed by atoms with Crippen molar-refractivity contribution >= 4 is 11.8 Å². The van der Waals surface area contributed by atoms with Gasteiger partial charge in [-0.25, -0.2) is 4.39 Å². The van der Waals surface area contributed by atoms with E-state index in [4.69, 9.17) is 0 Å². The molecule has 0 aromatic heterocycles. The quantitative estimate of drug-likeness (QED) is 0.762. The maximum atomic E-state index is 13.2. The Bertz CT molecular complexity index is 410. The van der Waals surface area contributed by atoms with E-state index in [1.54, 1.807) is 23.9 Å². The van der Waals surface area contributed by atoms with E-state index in [9.17, 15) is 4.39 Å². The number of hydrogen-bond acceptors (Lipinski definition) is 2. The van der Waals surface area contributed by atoms with Crippen LogP contribution in [0.2, 0.25) is 0 Å². The second-order valence-electron chi connectivity index (χ2n) is 5.78. The number of halogens is 1. The van der Waals surface area contributed by atoms with Gasteiger partial charge in [0, 0.05) is 16.7 Å². The zero-order valence-corrected chi connectivity index (χ0v) is 13.4. The number of hydrogen-bond donors (Lipinski definition) is 1. The minimum absolute atomic E-state index is 0.139. The molecule has 112 valence electrons. The molecule has 1 nitrogen and oxygen atoms in total. The van der Waals surface area contributed by atoms with Gasteiger partial charge in [0.1, 0.15) is 5.82 Å². The second-order valence-corrected chi connectivity index (χ2v) is 6.87. The topological polar surface area (TPSA) is 12.0 Å². The number of rotatable bonds is 6. The van der Waals surface area contributed by atoms with Crippen LogP contribution in [-0.2, 0) is 0 Å². The summed E-state index contributed by atoms with van der Waals surface area (Å²) in [6.45, 7) is 2.31. The Kier molecular flexibility index (Phi) is 6.37. The first-order valence-corrected chi connectivity index (χ1v) is 8.78. The molecule has 3 unspecified atom stereocenters. The Labute approximate surface area is 126 Å². The fourth-order valence-corrected chi connectivity index (χ4v) is 4.59. The molecular weight excluding hydrogens is 269 g/mol. The van der Waals surface area contributed by atoms with Crippen LogP contribution in [-0.4, -0.2) is 18.8 Å². The lowest BCUT2D eigenvalue weighted by Gasteiger charge is -2.36. The molecule has 0 aliphatic heterocycles. The number of thioether (sulfide) groups is 1. The Morgan fingerprint density at radius 3 is 2.85 bits per heavy atom. The Morgan fingerprint density at radius 2 is 2.15 bits per heavy atom. The highest BCUT2D eigenvalue weighted by Gasteiger charge is 2.29. The minimum Gasteiger partial charge on any atom is -0.316 e. The van der Waals surface area contributed by atoms with Crippen LogP contribution in [0, 0.1) is 17.7 Å².